The van der Waals surface area contributed by atoms with E-state index >= 15 is 0 Å². The van der Waals surface area contributed by atoms with E-state index in [4.69, 9.17) is 21.1 Å². The van der Waals surface area contributed by atoms with Crippen molar-refractivity contribution in [1.82, 2.24) is 4.57 Å². The lowest BCUT2D eigenvalue weighted by atomic mass is 10.2. The molecule has 6 nitrogen and oxygen atoms in total. The van der Waals surface area contributed by atoms with E-state index in [1.165, 1.54) is 11.3 Å². The number of aromatic nitrogens is 1. The van der Waals surface area contributed by atoms with Gasteiger partial charge in [0, 0.05) is 17.1 Å². The third-order valence-electron chi connectivity index (χ3n) is 4.00. The number of methoxy groups -OCH3 is 1. The SMILES string of the molecule is CCOC(=O)CCn1c(=NC(=O)c2cccc(OC)c2)sc2cc(Cl)ccc21. The summed E-state index contributed by atoms with van der Waals surface area (Å²) in [7, 11) is 1.54. The van der Waals surface area contributed by atoms with Crippen molar-refractivity contribution >= 4 is 45.0 Å². The summed E-state index contributed by atoms with van der Waals surface area (Å²) in [5.74, 6) is -0.103. The number of amides is 1. The number of carbonyl (C=O) groups excluding carboxylic acids is 2. The topological polar surface area (TPSA) is 69.9 Å². The Morgan fingerprint density at radius 1 is 1.21 bits per heavy atom. The minimum absolute atomic E-state index is 0.183. The van der Waals surface area contributed by atoms with Crippen molar-refractivity contribution in [2.45, 2.75) is 19.9 Å². The van der Waals surface area contributed by atoms with E-state index in [2.05, 4.69) is 4.99 Å². The van der Waals surface area contributed by atoms with Gasteiger partial charge in [0.05, 0.1) is 30.4 Å². The normalized spacial score (nSPS) is 11.6. The fraction of sp³-hybridized carbons (Fsp3) is 0.250. The molecule has 0 fully saturated rings. The van der Waals surface area contributed by atoms with Crippen molar-refractivity contribution in [3.05, 3.63) is 57.9 Å². The van der Waals surface area contributed by atoms with E-state index in [1.54, 1.807) is 44.4 Å². The van der Waals surface area contributed by atoms with Crippen molar-refractivity contribution in [1.29, 1.82) is 0 Å². The highest BCUT2D eigenvalue weighted by Crippen LogP contribution is 2.22. The molecule has 0 aliphatic carbocycles. The highest BCUT2D eigenvalue weighted by atomic mass is 35.5. The molecule has 146 valence electrons. The molecule has 1 heterocycles. The van der Waals surface area contributed by atoms with Crippen molar-refractivity contribution in [2.75, 3.05) is 13.7 Å². The Morgan fingerprint density at radius 2 is 2.04 bits per heavy atom. The van der Waals surface area contributed by atoms with Crippen LogP contribution in [0.2, 0.25) is 5.02 Å². The second-order valence-electron chi connectivity index (χ2n) is 5.85. The van der Waals surface area contributed by atoms with Crippen LogP contribution in [0, 0.1) is 0 Å². The Balaban J connectivity index is 2.02. The average molecular weight is 419 g/mol. The average Bonchev–Trinajstić information content (AvgIpc) is 3.02. The van der Waals surface area contributed by atoms with Crippen LogP contribution < -0.4 is 9.54 Å². The molecule has 0 radical (unpaired) electrons. The van der Waals surface area contributed by atoms with Crippen LogP contribution in [0.3, 0.4) is 0 Å². The molecule has 1 aromatic heterocycles. The molecule has 3 rings (SSSR count). The standard InChI is InChI=1S/C20H19ClN2O4S/c1-3-27-18(24)9-10-23-16-8-7-14(21)12-17(16)28-20(23)22-19(25)13-5-4-6-15(11-13)26-2/h4-8,11-12H,3,9-10H2,1-2H3. The Bertz CT molecular complexity index is 1090. The largest absolute Gasteiger partial charge is 0.497 e. The third kappa shape index (κ3) is 4.61. The fourth-order valence-corrected chi connectivity index (χ4v) is 4.02. The molecule has 0 aliphatic rings. The molecule has 8 heteroatoms. The lowest BCUT2D eigenvalue weighted by Gasteiger charge is -2.05. The smallest absolute Gasteiger partial charge is 0.307 e. The van der Waals surface area contributed by atoms with Crippen LogP contribution in [0.4, 0.5) is 0 Å². The number of rotatable bonds is 6. The maximum atomic E-state index is 12.7. The number of fused-ring (bicyclic) bond motifs is 1. The van der Waals surface area contributed by atoms with Gasteiger partial charge in [0.2, 0.25) is 0 Å². The van der Waals surface area contributed by atoms with Gasteiger partial charge in [0.25, 0.3) is 5.91 Å². The summed E-state index contributed by atoms with van der Waals surface area (Å²) in [5, 5.41) is 0.594. The van der Waals surface area contributed by atoms with Gasteiger partial charge in [-0.3, -0.25) is 9.59 Å². The first kappa shape index (κ1) is 20.1. The Hall–Kier alpha value is -2.64. The molecule has 0 N–H and O–H groups in total. The molecular formula is C20H19ClN2O4S. The van der Waals surface area contributed by atoms with Crippen LogP contribution in [-0.4, -0.2) is 30.2 Å². The summed E-state index contributed by atoms with van der Waals surface area (Å²) in [6.45, 7) is 2.44. The summed E-state index contributed by atoms with van der Waals surface area (Å²) in [5.41, 5.74) is 1.28. The van der Waals surface area contributed by atoms with E-state index in [0.717, 1.165) is 10.2 Å². The second kappa shape index (κ2) is 9.03. The number of hydrogen-bond acceptors (Lipinski definition) is 5. The molecule has 0 saturated carbocycles. The molecule has 1 amide bonds. The highest BCUT2D eigenvalue weighted by molar-refractivity contribution is 7.16. The highest BCUT2D eigenvalue weighted by Gasteiger charge is 2.12. The fourth-order valence-electron chi connectivity index (χ4n) is 2.69. The predicted molar refractivity (Wildman–Crippen MR) is 109 cm³/mol. The van der Waals surface area contributed by atoms with Gasteiger partial charge in [-0.25, -0.2) is 0 Å². The Labute approximate surface area is 171 Å². The van der Waals surface area contributed by atoms with E-state index < -0.39 is 0 Å². The molecule has 2 aromatic carbocycles. The number of carbonyl (C=O) groups is 2. The molecule has 28 heavy (non-hydrogen) atoms. The van der Waals surface area contributed by atoms with Gasteiger partial charge in [-0.2, -0.15) is 4.99 Å². The molecule has 3 aromatic rings. The Kier molecular flexibility index (Phi) is 6.49. The summed E-state index contributed by atoms with van der Waals surface area (Å²) in [6.07, 6.45) is 0.183. The number of benzene rings is 2. The van der Waals surface area contributed by atoms with Crippen molar-refractivity contribution in [3.63, 3.8) is 0 Å². The predicted octanol–water partition coefficient (Wildman–Crippen LogP) is 4.06. The van der Waals surface area contributed by atoms with Crippen LogP contribution in [0.5, 0.6) is 5.75 Å². The van der Waals surface area contributed by atoms with Crippen molar-refractivity contribution in [2.24, 2.45) is 4.99 Å². The van der Waals surface area contributed by atoms with Gasteiger partial charge in [0.1, 0.15) is 5.75 Å². The summed E-state index contributed by atoms with van der Waals surface area (Å²) >= 11 is 7.44. The molecule has 0 aliphatic heterocycles. The maximum absolute atomic E-state index is 12.7. The first-order chi connectivity index (χ1) is 13.5. The van der Waals surface area contributed by atoms with Gasteiger partial charge in [-0.05, 0) is 43.3 Å². The van der Waals surface area contributed by atoms with Crippen LogP contribution >= 0.6 is 22.9 Å². The number of hydrogen-bond donors (Lipinski definition) is 0. The van der Waals surface area contributed by atoms with Gasteiger partial charge in [0.15, 0.2) is 4.80 Å². The number of thiazole rings is 1. The van der Waals surface area contributed by atoms with E-state index in [0.29, 0.717) is 34.3 Å². The van der Waals surface area contributed by atoms with E-state index in [-0.39, 0.29) is 18.3 Å². The van der Waals surface area contributed by atoms with Crippen LogP contribution in [0.1, 0.15) is 23.7 Å². The summed E-state index contributed by atoms with van der Waals surface area (Å²) in [4.78, 5) is 29.2. The number of halogens is 1. The quantitative estimate of drug-likeness (QED) is 0.566. The number of esters is 1. The van der Waals surface area contributed by atoms with E-state index in [9.17, 15) is 9.59 Å². The molecule has 0 spiro atoms. The molecule has 0 bridgehead atoms. The monoisotopic (exact) mass is 418 g/mol. The zero-order valence-electron chi connectivity index (χ0n) is 15.5. The molecule has 0 atom stereocenters. The second-order valence-corrected chi connectivity index (χ2v) is 7.30. The zero-order chi connectivity index (χ0) is 20.1. The van der Waals surface area contributed by atoms with E-state index in [1.807, 2.05) is 16.7 Å². The number of aryl methyl sites for hydroxylation is 1. The van der Waals surface area contributed by atoms with Crippen molar-refractivity contribution < 1.29 is 19.1 Å². The first-order valence-electron chi connectivity index (χ1n) is 8.69. The van der Waals surface area contributed by atoms with Crippen molar-refractivity contribution in [3.8, 4) is 5.75 Å². The van der Waals surface area contributed by atoms with Crippen LogP contribution in [-0.2, 0) is 16.1 Å². The minimum Gasteiger partial charge on any atom is -0.497 e. The van der Waals surface area contributed by atoms with Gasteiger partial charge >= 0.3 is 5.97 Å². The number of nitrogens with zero attached hydrogens (tertiary/aromatic N) is 2. The lowest BCUT2D eigenvalue weighted by Crippen LogP contribution is -2.19. The maximum Gasteiger partial charge on any atom is 0.307 e. The summed E-state index contributed by atoms with van der Waals surface area (Å²) < 4.78 is 12.9. The third-order valence-corrected chi connectivity index (χ3v) is 5.28. The molecule has 0 unspecified atom stereocenters. The Morgan fingerprint density at radius 3 is 2.79 bits per heavy atom. The zero-order valence-corrected chi connectivity index (χ0v) is 17.0. The summed E-state index contributed by atoms with van der Waals surface area (Å²) in [6, 6.07) is 12.3. The minimum atomic E-state index is -0.388. The van der Waals surface area contributed by atoms with Gasteiger partial charge < -0.3 is 14.0 Å². The molecule has 0 saturated heterocycles. The van der Waals surface area contributed by atoms with Gasteiger partial charge in [-0.15, -0.1) is 0 Å². The van der Waals surface area contributed by atoms with Crippen LogP contribution in [0.25, 0.3) is 10.2 Å². The number of ether oxygens (including phenoxy) is 2. The lowest BCUT2D eigenvalue weighted by molar-refractivity contribution is -0.143. The molecular weight excluding hydrogens is 400 g/mol. The van der Waals surface area contributed by atoms with Gasteiger partial charge in [-0.1, -0.05) is 29.0 Å². The first-order valence-corrected chi connectivity index (χ1v) is 9.89. The van der Waals surface area contributed by atoms with Crippen LogP contribution in [0.15, 0.2) is 47.5 Å².